The zero-order chi connectivity index (χ0) is 39.0. The number of aromatic nitrogens is 3. The zero-order valence-corrected chi connectivity index (χ0v) is 35.4. The lowest BCUT2D eigenvalue weighted by atomic mass is 9.71. The Hall–Kier alpha value is -3.85. The van der Waals surface area contributed by atoms with Gasteiger partial charge in [-0.3, -0.25) is 15.0 Å². The molecule has 2 atom stereocenters. The van der Waals surface area contributed by atoms with Crippen molar-refractivity contribution in [3.8, 4) is 0 Å². The molecular weight excluding hydrogens is 631 g/mol. The summed E-state index contributed by atoms with van der Waals surface area (Å²) in [5.41, 5.74) is 11.7. The standard InChI is InChI=1S/2C18H27N.C13H19N/c1-6-18(11-7-15(2)3,12-8-16(4)5)17-9-13-19-14-10-17;1-6-16(5)14-18(7-2,11-8-15(3)4)17-9-12-19-13-10-17;1-4-12(6-5-11(2)3)13-7-9-14-10-8-13/h7-10,13-14H,6,11-12H2,1-5H3;6,8-10,12-13H,7,11,14H2,1-5H3;5,7-10,12H,4,6H2,1-3H3/b;16-6+;. The van der Waals surface area contributed by atoms with Crippen molar-refractivity contribution in [2.24, 2.45) is 0 Å². The fourth-order valence-corrected chi connectivity index (χ4v) is 6.37. The Kier molecular flexibility index (Phi) is 22.4. The minimum Gasteiger partial charge on any atom is -0.265 e. The highest BCUT2D eigenvalue weighted by Gasteiger charge is 2.30. The van der Waals surface area contributed by atoms with Crippen LogP contribution >= 0.6 is 0 Å². The first-order valence-electron chi connectivity index (χ1n) is 19.6. The van der Waals surface area contributed by atoms with Gasteiger partial charge in [0.05, 0.1) is 0 Å². The average molecular weight is 704 g/mol. The Bertz CT molecular complexity index is 1510. The van der Waals surface area contributed by atoms with Crippen LogP contribution in [0.1, 0.15) is 164 Å². The monoisotopic (exact) mass is 704 g/mol. The molecular formula is C49H73N3. The van der Waals surface area contributed by atoms with Gasteiger partial charge in [-0.2, -0.15) is 0 Å². The average Bonchev–Trinajstić information content (AvgIpc) is 3.15. The lowest BCUT2D eigenvalue weighted by molar-refractivity contribution is 0.409. The van der Waals surface area contributed by atoms with Gasteiger partial charge in [0.2, 0.25) is 0 Å². The second-order valence-electron chi connectivity index (χ2n) is 15.4. The summed E-state index contributed by atoms with van der Waals surface area (Å²) in [6.07, 6.45) is 32.1. The summed E-state index contributed by atoms with van der Waals surface area (Å²) in [6, 6.07) is 12.9. The topological polar surface area (TPSA) is 38.7 Å². The van der Waals surface area contributed by atoms with E-state index in [1.165, 1.54) is 51.0 Å². The molecule has 0 N–H and O–H groups in total. The maximum Gasteiger partial charge on any atom is 0.0270 e. The van der Waals surface area contributed by atoms with Gasteiger partial charge >= 0.3 is 0 Å². The first-order chi connectivity index (χ1) is 24.8. The summed E-state index contributed by atoms with van der Waals surface area (Å²) in [7, 11) is 0. The molecule has 52 heavy (non-hydrogen) atoms. The van der Waals surface area contributed by atoms with E-state index in [-0.39, 0.29) is 10.8 Å². The number of hydrogen-bond acceptors (Lipinski definition) is 3. The predicted octanol–water partition coefficient (Wildman–Crippen LogP) is 14.8. The molecule has 3 nitrogen and oxygen atoms in total. The molecule has 0 radical (unpaired) electrons. The van der Waals surface area contributed by atoms with Crippen molar-refractivity contribution in [1.82, 2.24) is 15.0 Å². The van der Waals surface area contributed by atoms with Gasteiger partial charge in [0.15, 0.2) is 0 Å². The maximum atomic E-state index is 4.16. The van der Waals surface area contributed by atoms with Gasteiger partial charge in [0.25, 0.3) is 0 Å². The van der Waals surface area contributed by atoms with Gasteiger partial charge in [0.1, 0.15) is 0 Å². The first kappa shape index (κ1) is 46.2. The van der Waals surface area contributed by atoms with Crippen LogP contribution in [0.3, 0.4) is 0 Å². The van der Waals surface area contributed by atoms with Crippen molar-refractivity contribution in [3.05, 3.63) is 149 Å². The first-order valence-corrected chi connectivity index (χ1v) is 19.6. The molecule has 3 heteroatoms. The maximum absolute atomic E-state index is 4.16. The highest BCUT2D eigenvalue weighted by Crippen LogP contribution is 2.39. The van der Waals surface area contributed by atoms with Gasteiger partial charge in [0, 0.05) is 48.0 Å². The summed E-state index contributed by atoms with van der Waals surface area (Å²) in [5, 5.41) is 0. The largest absolute Gasteiger partial charge is 0.265 e. The minimum atomic E-state index is 0.205. The molecule has 0 amide bonds. The number of nitrogens with zero attached hydrogens (tertiary/aromatic N) is 3. The van der Waals surface area contributed by atoms with Crippen LogP contribution in [0.5, 0.6) is 0 Å². The molecule has 0 aromatic carbocycles. The molecule has 3 aromatic heterocycles. The predicted molar refractivity (Wildman–Crippen MR) is 230 cm³/mol. The van der Waals surface area contributed by atoms with E-state index in [4.69, 9.17) is 0 Å². The van der Waals surface area contributed by atoms with E-state index in [1.807, 2.05) is 37.2 Å². The van der Waals surface area contributed by atoms with E-state index in [1.54, 1.807) is 0 Å². The van der Waals surface area contributed by atoms with E-state index in [9.17, 15) is 0 Å². The van der Waals surface area contributed by atoms with Crippen LogP contribution in [0.15, 0.2) is 132 Å². The molecule has 2 unspecified atom stereocenters. The third-order valence-electron chi connectivity index (χ3n) is 10.2. The summed E-state index contributed by atoms with van der Waals surface area (Å²) in [5.74, 6) is 0.646. The van der Waals surface area contributed by atoms with Crippen LogP contribution in [0.25, 0.3) is 0 Å². The molecule has 0 bridgehead atoms. The van der Waals surface area contributed by atoms with Gasteiger partial charge in [-0.05, 0) is 180 Å². The lowest BCUT2D eigenvalue weighted by Crippen LogP contribution is -2.25. The van der Waals surface area contributed by atoms with E-state index < -0.39 is 0 Å². The summed E-state index contributed by atoms with van der Waals surface area (Å²) in [6.45, 7) is 28.5. The fourth-order valence-electron chi connectivity index (χ4n) is 6.37. The minimum absolute atomic E-state index is 0.205. The SMILES string of the molecule is C/C=C(\C)CC(CC)(CC=C(C)C)c1ccncc1.CCC(CC=C(C)C)(CC=C(C)C)c1ccncc1.CCC(CC=C(C)C)c1ccncc1. The number of allylic oxidation sites excluding steroid dienone is 10. The third kappa shape index (κ3) is 17.1. The van der Waals surface area contributed by atoms with Crippen molar-refractivity contribution < 1.29 is 0 Å². The quantitative estimate of drug-likeness (QED) is 0.139. The molecule has 0 fully saturated rings. The Morgan fingerprint density at radius 2 is 0.904 bits per heavy atom. The summed E-state index contributed by atoms with van der Waals surface area (Å²) >= 11 is 0. The van der Waals surface area contributed by atoms with E-state index in [2.05, 4.69) is 172 Å². The van der Waals surface area contributed by atoms with E-state index in [0.29, 0.717) is 5.92 Å². The fraction of sp³-hybridized carbons (Fsp3) is 0.490. The van der Waals surface area contributed by atoms with Crippen molar-refractivity contribution >= 4 is 0 Å². The highest BCUT2D eigenvalue weighted by atomic mass is 14.6. The Morgan fingerprint density at radius 1 is 0.538 bits per heavy atom. The van der Waals surface area contributed by atoms with Crippen LogP contribution in [-0.2, 0) is 10.8 Å². The van der Waals surface area contributed by atoms with Gasteiger partial charge in [-0.25, -0.2) is 0 Å². The van der Waals surface area contributed by atoms with Crippen LogP contribution in [0.2, 0.25) is 0 Å². The molecule has 0 aliphatic rings. The molecule has 3 heterocycles. The van der Waals surface area contributed by atoms with Crippen molar-refractivity contribution in [1.29, 1.82) is 0 Å². The number of hydrogen-bond donors (Lipinski definition) is 0. The zero-order valence-electron chi connectivity index (χ0n) is 35.4. The van der Waals surface area contributed by atoms with E-state index in [0.717, 1.165) is 44.9 Å². The second-order valence-corrected chi connectivity index (χ2v) is 15.4. The van der Waals surface area contributed by atoms with Gasteiger partial charge in [-0.15, -0.1) is 0 Å². The normalized spacial score (nSPS) is 12.8. The molecule has 284 valence electrons. The summed E-state index contributed by atoms with van der Waals surface area (Å²) in [4.78, 5) is 12.4. The third-order valence-corrected chi connectivity index (χ3v) is 10.2. The van der Waals surface area contributed by atoms with E-state index >= 15 is 0 Å². The second kappa shape index (κ2) is 25.2. The smallest absolute Gasteiger partial charge is 0.0270 e. The van der Waals surface area contributed by atoms with Crippen LogP contribution < -0.4 is 0 Å². The van der Waals surface area contributed by atoms with Crippen molar-refractivity contribution in [3.63, 3.8) is 0 Å². The molecule has 0 saturated carbocycles. The summed E-state index contributed by atoms with van der Waals surface area (Å²) < 4.78 is 0. The van der Waals surface area contributed by atoms with Crippen LogP contribution in [-0.4, -0.2) is 15.0 Å². The van der Waals surface area contributed by atoms with Crippen molar-refractivity contribution in [2.45, 2.75) is 158 Å². The molecule has 0 aliphatic heterocycles. The molecule has 3 aromatic rings. The Labute approximate surface area is 320 Å². The Morgan fingerprint density at radius 3 is 1.25 bits per heavy atom. The molecule has 0 saturated heterocycles. The van der Waals surface area contributed by atoms with Crippen LogP contribution in [0.4, 0.5) is 0 Å². The van der Waals surface area contributed by atoms with Crippen LogP contribution in [0, 0.1) is 0 Å². The van der Waals surface area contributed by atoms with Gasteiger partial charge in [-0.1, -0.05) is 79.0 Å². The Balaban J connectivity index is 0.000000395. The number of rotatable bonds is 16. The lowest BCUT2D eigenvalue weighted by Gasteiger charge is -2.33. The number of pyridine rings is 3. The highest BCUT2D eigenvalue weighted by molar-refractivity contribution is 5.28. The molecule has 3 rings (SSSR count). The van der Waals surface area contributed by atoms with Crippen molar-refractivity contribution in [2.75, 3.05) is 0 Å². The van der Waals surface area contributed by atoms with Gasteiger partial charge < -0.3 is 0 Å². The molecule has 0 spiro atoms. The molecule has 0 aliphatic carbocycles.